The summed E-state index contributed by atoms with van der Waals surface area (Å²) in [5.74, 6) is -1.61. The van der Waals surface area contributed by atoms with Gasteiger partial charge >= 0.3 is 0 Å². The average molecular weight is 426 g/mol. The van der Waals surface area contributed by atoms with Gasteiger partial charge in [0.05, 0.1) is 17.0 Å². The Balaban J connectivity index is 1.31. The summed E-state index contributed by atoms with van der Waals surface area (Å²) in [4.78, 5) is 68.6. The van der Waals surface area contributed by atoms with Gasteiger partial charge in [-0.3, -0.25) is 28.9 Å². The number of hydrogen-bond acceptors (Lipinski definition) is 5. The lowest BCUT2D eigenvalue weighted by atomic mass is 10.1. The van der Waals surface area contributed by atoms with Gasteiger partial charge in [0.1, 0.15) is 6.54 Å². The molecule has 1 aromatic rings. The fourth-order valence-electron chi connectivity index (χ4n) is 4.45. The minimum absolute atomic E-state index is 0.00288. The molecule has 1 aromatic carbocycles. The molecular weight excluding hydrogens is 400 g/mol. The number of likely N-dealkylation sites (tertiary alicyclic amines) is 1. The quantitative estimate of drug-likeness (QED) is 0.641. The molecule has 9 nitrogen and oxygen atoms in total. The normalized spacial score (nSPS) is 21.4. The van der Waals surface area contributed by atoms with E-state index in [1.165, 1.54) is 0 Å². The Hall–Kier alpha value is -3.23. The molecule has 0 spiro atoms. The van der Waals surface area contributed by atoms with Crippen LogP contribution in [0.1, 0.15) is 41.0 Å². The predicted molar refractivity (Wildman–Crippen MR) is 110 cm³/mol. The second-order valence-electron chi connectivity index (χ2n) is 8.49. The van der Waals surface area contributed by atoms with Gasteiger partial charge in [-0.2, -0.15) is 0 Å². The Kier molecular flexibility index (Phi) is 5.51. The van der Waals surface area contributed by atoms with Crippen LogP contribution in [0.4, 0.5) is 0 Å². The molecule has 1 unspecified atom stereocenters. The Bertz CT molecular complexity index is 916. The standard InChI is InChI=1S/C22H26N4O5/c1-14(2)25-12-15(11-18(25)27)20(29)24-9-7-23(8-10-24)19(28)13-26-21(30)16-5-3-4-6-17(16)22(26)31/h3-6,14-15H,7-13H2,1-2H3. The molecule has 0 saturated carbocycles. The van der Waals surface area contributed by atoms with Crippen molar-refractivity contribution in [3.8, 4) is 0 Å². The third-order valence-corrected chi connectivity index (χ3v) is 6.25. The molecule has 4 rings (SSSR count). The van der Waals surface area contributed by atoms with Crippen LogP contribution >= 0.6 is 0 Å². The highest BCUT2D eigenvalue weighted by Gasteiger charge is 2.40. The Morgan fingerprint density at radius 1 is 0.935 bits per heavy atom. The van der Waals surface area contributed by atoms with E-state index in [1.807, 2.05) is 13.8 Å². The van der Waals surface area contributed by atoms with Crippen molar-refractivity contribution in [2.45, 2.75) is 26.3 Å². The zero-order valence-electron chi connectivity index (χ0n) is 17.7. The average Bonchev–Trinajstić information content (AvgIpc) is 3.27. The molecule has 0 aromatic heterocycles. The summed E-state index contributed by atoms with van der Waals surface area (Å²) in [5, 5.41) is 0. The van der Waals surface area contributed by atoms with E-state index in [-0.39, 0.29) is 42.6 Å². The fourth-order valence-corrected chi connectivity index (χ4v) is 4.45. The largest absolute Gasteiger partial charge is 0.339 e. The second-order valence-corrected chi connectivity index (χ2v) is 8.49. The number of fused-ring (bicyclic) bond motifs is 1. The van der Waals surface area contributed by atoms with E-state index in [9.17, 15) is 24.0 Å². The molecule has 1 atom stereocenters. The van der Waals surface area contributed by atoms with Crippen LogP contribution in [0, 0.1) is 5.92 Å². The highest BCUT2D eigenvalue weighted by molar-refractivity contribution is 6.22. The number of carbonyl (C=O) groups is 5. The molecule has 3 aliphatic rings. The molecule has 0 bridgehead atoms. The molecule has 3 heterocycles. The molecule has 9 heteroatoms. The number of amides is 5. The van der Waals surface area contributed by atoms with Gasteiger partial charge in [-0.05, 0) is 26.0 Å². The van der Waals surface area contributed by atoms with Gasteiger partial charge in [0.2, 0.25) is 17.7 Å². The van der Waals surface area contributed by atoms with Crippen molar-refractivity contribution in [1.29, 1.82) is 0 Å². The number of piperazine rings is 1. The van der Waals surface area contributed by atoms with Crippen LogP contribution in [-0.4, -0.2) is 94.4 Å². The Labute approximate surface area is 180 Å². The Morgan fingerprint density at radius 3 is 2.00 bits per heavy atom. The third kappa shape index (κ3) is 3.80. The van der Waals surface area contributed by atoms with Gasteiger partial charge in [-0.1, -0.05) is 12.1 Å². The first-order valence-electron chi connectivity index (χ1n) is 10.6. The van der Waals surface area contributed by atoms with E-state index in [0.717, 1.165) is 4.90 Å². The molecule has 31 heavy (non-hydrogen) atoms. The maximum Gasteiger partial charge on any atom is 0.262 e. The summed E-state index contributed by atoms with van der Waals surface area (Å²) in [6, 6.07) is 6.60. The lowest BCUT2D eigenvalue weighted by molar-refractivity contribution is -0.142. The predicted octanol–water partition coefficient (Wildman–Crippen LogP) is 0.210. The molecule has 0 N–H and O–H groups in total. The molecule has 3 aliphatic heterocycles. The number of benzene rings is 1. The number of hydrogen-bond donors (Lipinski definition) is 0. The maximum absolute atomic E-state index is 12.8. The van der Waals surface area contributed by atoms with Crippen molar-refractivity contribution in [3.05, 3.63) is 35.4 Å². The van der Waals surface area contributed by atoms with Gasteiger partial charge in [0.25, 0.3) is 11.8 Å². The maximum atomic E-state index is 12.8. The van der Waals surface area contributed by atoms with E-state index in [4.69, 9.17) is 0 Å². The van der Waals surface area contributed by atoms with Gasteiger partial charge in [0, 0.05) is 45.2 Å². The van der Waals surface area contributed by atoms with Crippen molar-refractivity contribution in [2.75, 3.05) is 39.3 Å². The highest BCUT2D eigenvalue weighted by atomic mass is 16.2. The summed E-state index contributed by atoms with van der Waals surface area (Å²) < 4.78 is 0. The van der Waals surface area contributed by atoms with Crippen molar-refractivity contribution in [2.24, 2.45) is 5.92 Å². The first-order chi connectivity index (χ1) is 14.8. The Morgan fingerprint density at radius 2 is 1.48 bits per heavy atom. The smallest absolute Gasteiger partial charge is 0.262 e. The van der Waals surface area contributed by atoms with Gasteiger partial charge < -0.3 is 14.7 Å². The van der Waals surface area contributed by atoms with Crippen molar-refractivity contribution < 1.29 is 24.0 Å². The van der Waals surface area contributed by atoms with Gasteiger partial charge in [-0.15, -0.1) is 0 Å². The second kappa shape index (κ2) is 8.13. The lowest BCUT2D eigenvalue weighted by Crippen LogP contribution is -2.54. The monoisotopic (exact) mass is 426 g/mol. The van der Waals surface area contributed by atoms with Crippen LogP contribution < -0.4 is 0 Å². The van der Waals surface area contributed by atoms with Crippen molar-refractivity contribution >= 4 is 29.5 Å². The first kappa shape index (κ1) is 21.0. The van der Waals surface area contributed by atoms with Crippen molar-refractivity contribution in [1.82, 2.24) is 19.6 Å². The lowest BCUT2D eigenvalue weighted by Gasteiger charge is -2.36. The minimum Gasteiger partial charge on any atom is -0.339 e. The summed E-state index contributed by atoms with van der Waals surface area (Å²) in [5.41, 5.74) is 0.634. The minimum atomic E-state index is -0.455. The molecule has 2 fully saturated rings. The van der Waals surface area contributed by atoms with Crippen LogP contribution in [0.3, 0.4) is 0 Å². The number of nitrogens with zero attached hydrogens (tertiary/aromatic N) is 4. The van der Waals surface area contributed by atoms with Crippen LogP contribution in [0.5, 0.6) is 0 Å². The first-order valence-corrected chi connectivity index (χ1v) is 10.6. The third-order valence-electron chi connectivity index (χ3n) is 6.25. The zero-order valence-corrected chi connectivity index (χ0v) is 17.7. The molecule has 0 aliphatic carbocycles. The topological polar surface area (TPSA) is 98.3 Å². The number of rotatable bonds is 4. The van der Waals surface area contributed by atoms with Crippen LogP contribution in [0.25, 0.3) is 0 Å². The molecule has 0 radical (unpaired) electrons. The van der Waals surface area contributed by atoms with E-state index < -0.39 is 11.8 Å². The molecular formula is C22H26N4O5. The summed E-state index contributed by atoms with van der Waals surface area (Å²) >= 11 is 0. The van der Waals surface area contributed by atoms with Crippen LogP contribution in [0.15, 0.2) is 24.3 Å². The number of imide groups is 1. The fraction of sp³-hybridized carbons (Fsp3) is 0.500. The van der Waals surface area contributed by atoms with E-state index in [2.05, 4.69) is 0 Å². The van der Waals surface area contributed by atoms with E-state index in [0.29, 0.717) is 43.9 Å². The van der Waals surface area contributed by atoms with Crippen molar-refractivity contribution in [3.63, 3.8) is 0 Å². The molecule has 5 amide bonds. The van der Waals surface area contributed by atoms with E-state index >= 15 is 0 Å². The molecule has 2 saturated heterocycles. The summed E-state index contributed by atoms with van der Waals surface area (Å²) in [7, 11) is 0. The number of carbonyl (C=O) groups excluding carboxylic acids is 5. The summed E-state index contributed by atoms with van der Waals surface area (Å²) in [6.45, 7) is 5.42. The highest BCUT2D eigenvalue weighted by Crippen LogP contribution is 2.24. The van der Waals surface area contributed by atoms with Gasteiger partial charge in [0.15, 0.2) is 0 Å². The van der Waals surface area contributed by atoms with E-state index in [1.54, 1.807) is 39.0 Å². The van der Waals surface area contributed by atoms with Gasteiger partial charge in [-0.25, -0.2) is 0 Å². The SMILES string of the molecule is CC(C)N1CC(C(=O)N2CCN(C(=O)CN3C(=O)c4ccccc4C3=O)CC2)CC1=O. The zero-order chi connectivity index (χ0) is 22.3. The molecule has 164 valence electrons. The van der Waals surface area contributed by atoms with Crippen LogP contribution in [0.2, 0.25) is 0 Å². The van der Waals surface area contributed by atoms with Crippen LogP contribution in [-0.2, 0) is 14.4 Å². The summed E-state index contributed by atoms with van der Waals surface area (Å²) in [6.07, 6.45) is 0.232.